The second-order valence-corrected chi connectivity index (χ2v) is 4.59. The summed E-state index contributed by atoms with van der Waals surface area (Å²) in [4.78, 5) is 28.8. The maximum Gasteiger partial charge on any atom is 0.276 e. The normalized spacial score (nSPS) is 23.6. The Kier molecular flexibility index (Phi) is 3.50. The van der Waals surface area contributed by atoms with E-state index in [4.69, 9.17) is 11.5 Å². The Balaban J connectivity index is 1.98. The molecule has 1 amide bonds. The smallest absolute Gasteiger partial charge is 0.276 e. The summed E-state index contributed by atoms with van der Waals surface area (Å²) < 4.78 is 0. The van der Waals surface area contributed by atoms with E-state index < -0.39 is 0 Å². The highest BCUT2D eigenvalue weighted by Crippen LogP contribution is 2.26. The fraction of sp³-hybridized carbons (Fsp3) is 0.545. The van der Waals surface area contributed by atoms with Crippen LogP contribution in [0, 0.1) is 5.92 Å². The second kappa shape index (κ2) is 5.07. The lowest BCUT2D eigenvalue weighted by atomic mass is 9.85. The molecule has 0 bridgehead atoms. The van der Waals surface area contributed by atoms with Crippen molar-refractivity contribution in [2.24, 2.45) is 11.7 Å². The van der Waals surface area contributed by atoms with E-state index in [0.29, 0.717) is 5.82 Å². The molecule has 1 aliphatic carbocycles. The van der Waals surface area contributed by atoms with E-state index in [2.05, 4.69) is 15.3 Å². The summed E-state index contributed by atoms with van der Waals surface area (Å²) in [5, 5.41) is 3.14. The maximum absolute atomic E-state index is 11.3. The summed E-state index contributed by atoms with van der Waals surface area (Å²) in [7, 11) is 0. The number of aromatic amines is 1. The topological polar surface area (TPSA) is 127 Å². The SMILES string of the molecule is NC(=O)C1CCC(Nc2nc[nH]c(=O)c2N)CC1. The van der Waals surface area contributed by atoms with Crippen molar-refractivity contribution in [2.45, 2.75) is 31.7 Å². The zero-order valence-electron chi connectivity index (χ0n) is 9.98. The van der Waals surface area contributed by atoms with Crippen LogP contribution in [0.3, 0.4) is 0 Å². The average Bonchev–Trinajstić information content (AvgIpc) is 2.36. The number of carbonyl (C=O) groups excluding carboxylic acids is 1. The van der Waals surface area contributed by atoms with E-state index in [9.17, 15) is 9.59 Å². The first-order chi connectivity index (χ1) is 8.58. The van der Waals surface area contributed by atoms with Crippen molar-refractivity contribution in [1.29, 1.82) is 0 Å². The van der Waals surface area contributed by atoms with Gasteiger partial charge in [0, 0.05) is 12.0 Å². The van der Waals surface area contributed by atoms with Gasteiger partial charge in [-0.2, -0.15) is 0 Å². The van der Waals surface area contributed by atoms with Gasteiger partial charge >= 0.3 is 0 Å². The number of anilines is 2. The number of hydrogen-bond donors (Lipinski definition) is 4. The number of rotatable bonds is 3. The lowest BCUT2D eigenvalue weighted by Crippen LogP contribution is -2.33. The molecule has 0 saturated heterocycles. The predicted molar refractivity (Wildman–Crippen MR) is 67.8 cm³/mol. The van der Waals surface area contributed by atoms with Gasteiger partial charge in [-0.1, -0.05) is 0 Å². The first kappa shape index (κ1) is 12.4. The Labute approximate surface area is 104 Å². The third kappa shape index (κ3) is 2.61. The molecule has 1 heterocycles. The Hall–Kier alpha value is -2.05. The van der Waals surface area contributed by atoms with Gasteiger partial charge in [0.25, 0.3) is 5.56 Å². The van der Waals surface area contributed by atoms with Crippen LogP contribution < -0.4 is 22.3 Å². The molecule has 0 unspecified atom stereocenters. The average molecular weight is 251 g/mol. The molecule has 1 aliphatic rings. The largest absolute Gasteiger partial charge is 0.391 e. The molecule has 7 heteroatoms. The van der Waals surface area contributed by atoms with Gasteiger partial charge in [-0.15, -0.1) is 0 Å². The van der Waals surface area contributed by atoms with E-state index in [-0.39, 0.29) is 29.1 Å². The van der Waals surface area contributed by atoms with Crippen LogP contribution in [-0.2, 0) is 4.79 Å². The van der Waals surface area contributed by atoms with Gasteiger partial charge in [-0.3, -0.25) is 9.59 Å². The molecular formula is C11H17N5O2. The number of aromatic nitrogens is 2. The van der Waals surface area contributed by atoms with Crippen molar-refractivity contribution in [3.63, 3.8) is 0 Å². The van der Waals surface area contributed by atoms with E-state index in [1.165, 1.54) is 6.33 Å². The Morgan fingerprint density at radius 2 is 2.06 bits per heavy atom. The molecule has 0 aliphatic heterocycles. The molecule has 0 aromatic carbocycles. The van der Waals surface area contributed by atoms with Crippen LogP contribution in [0.1, 0.15) is 25.7 Å². The molecule has 6 N–H and O–H groups in total. The first-order valence-electron chi connectivity index (χ1n) is 5.97. The third-order valence-electron chi connectivity index (χ3n) is 3.36. The number of nitrogens with zero attached hydrogens (tertiary/aromatic N) is 1. The Bertz CT molecular complexity index is 490. The predicted octanol–water partition coefficient (Wildman–Crippen LogP) is -0.192. The van der Waals surface area contributed by atoms with Gasteiger partial charge in [0.2, 0.25) is 5.91 Å². The van der Waals surface area contributed by atoms with Crippen LogP contribution in [-0.4, -0.2) is 21.9 Å². The highest BCUT2D eigenvalue weighted by atomic mass is 16.1. The number of H-pyrrole nitrogens is 1. The molecule has 1 fully saturated rings. The van der Waals surface area contributed by atoms with Gasteiger partial charge in [0.15, 0.2) is 5.82 Å². The summed E-state index contributed by atoms with van der Waals surface area (Å²) in [6.45, 7) is 0. The van der Waals surface area contributed by atoms with E-state index >= 15 is 0 Å². The summed E-state index contributed by atoms with van der Waals surface area (Å²) in [6, 6.07) is 0.178. The second-order valence-electron chi connectivity index (χ2n) is 4.59. The maximum atomic E-state index is 11.3. The molecule has 1 aromatic rings. The van der Waals surface area contributed by atoms with Crippen LogP contribution in [0.5, 0.6) is 0 Å². The van der Waals surface area contributed by atoms with Gasteiger partial charge < -0.3 is 21.8 Å². The number of hydrogen-bond acceptors (Lipinski definition) is 5. The lowest BCUT2D eigenvalue weighted by molar-refractivity contribution is -0.122. The molecule has 2 rings (SSSR count). The minimum Gasteiger partial charge on any atom is -0.391 e. The number of amides is 1. The van der Waals surface area contributed by atoms with Crippen molar-refractivity contribution in [3.05, 3.63) is 16.7 Å². The van der Waals surface area contributed by atoms with Crippen LogP contribution in [0.4, 0.5) is 11.5 Å². The molecule has 1 saturated carbocycles. The van der Waals surface area contributed by atoms with E-state index in [0.717, 1.165) is 25.7 Å². The summed E-state index contributed by atoms with van der Waals surface area (Å²) >= 11 is 0. The quantitative estimate of drug-likeness (QED) is 0.592. The number of primary amides is 1. The molecule has 18 heavy (non-hydrogen) atoms. The minimum atomic E-state index is -0.349. The molecule has 0 spiro atoms. The van der Waals surface area contributed by atoms with E-state index in [1.807, 2.05) is 0 Å². The molecule has 7 nitrogen and oxygen atoms in total. The minimum absolute atomic E-state index is 0.0347. The van der Waals surface area contributed by atoms with Crippen molar-refractivity contribution in [2.75, 3.05) is 11.1 Å². The lowest BCUT2D eigenvalue weighted by Gasteiger charge is -2.27. The van der Waals surface area contributed by atoms with Crippen molar-refractivity contribution >= 4 is 17.4 Å². The summed E-state index contributed by atoms with van der Waals surface area (Å²) in [5.41, 5.74) is 10.6. The van der Waals surface area contributed by atoms with Crippen LogP contribution in [0.25, 0.3) is 0 Å². The monoisotopic (exact) mass is 251 g/mol. The Morgan fingerprint density at radius 3 is 2.67 bits per heavy atom. The van der Waals surface area contributed by atoms with Crippen LogP contribution >= 0.6 is 0 Å². The molecule has 98 valence electrons. The van der Waals surface area contributed by atoms with Gasteiger partial charge in [0.1, 0.15) is 5.69 Å². The number of nitrogens with two attached hydrogens (primary N) is 2. The fourth-order valence-corrected chi connectivity index (χ4v) is 2.24. The van der Waals surface area contributed by atoms with Crippen molar-refractivity contribution in [3.8, 4) is 0 Å². The first-order valence-corrected chi connectivity index (χ1v) is 5.97. The number of nitrogens with one attached hydrogen (secondary N) is 2. The zero-order valence-corrected chi connectivity index (χ0v) is 9.98. The molecule has 1 aromatic heterocycles. The van der Waals surface area contributed by atoms with Gasteiger partial charge in [-0.05, 0) is 25.7 Å². The Morgan fingerprint density at radius 1 is 1.39 bits per heavy atom. The highest BCUT2D eigenvalue weighted by molar-refractivity contribution is 5.76. The third-order valence-corrected chi connectivity index (χ3v) is 3.36. The zero-order chi connectivity index (χ0) is 13.1. The fourth-order valence-electron chi connectivity index (χ4n) is 2.24. The van der Waals surface area contributed by atoms with Crippen LogP contribution in [0.2, 0.25) is 0 Å². The molecular weight excluding hydrogens is 234 g/mol. The van der Waals surface area contributed by atoms with E-state index in [1.54, 1.807) is 0 Å². The van der Waals surface area contributed by atoms with Crippen molar-refractivity contribution in [1.82, 2.24) is 9.97 Å². The number of nitrogen functional groups attached to an aromatic ring is 1. The standard InChI is InChI=1S/C11H17N5O2/c12-8-10(14-5-15-11(8)18)16-7-3-1-6(2-4-7)9(13)17/h5-7H,1-4,12H2,(H2,13,17)(H2,14,15,16,18). The highest BCUT2D eigenvalue weighted by Gasteiger charge is 2.25. The van der Waals surface area contributed by atoms with Gasteiger partial charge in [-0.25, -0.2) is 4.98 Å². The summed E-state index contributed by atoms with van der Waals surface area (Å²) in [6.07, 6.45) is 4.48. The number of carbonyl (C=O) groups is 1. The van der Waals surface area contributed by atoms with Gasteiger partial charge in [0.05, 0.1) is 6.33 Å². The van der Waals surface area contributed by atoms with Crippen LogP contribution in [0.15, 0.2) is 11.1 Å². The summed E-state index contributed by atoms with van der Waals surface area (Å²) in [5.74, 6) is 0.135. The van der Waals surface area contributed by atoms with Crippen molar-refractivity contribution < 1.29 is 4.79 Å². The molecule has 0 atom stereocenters. The molecule has 0 radical (unpaired) electrons.